The number of benzene rings is 3. The number of nitrogens with one attached hydrogen (secondary N) is 1. The lowest BCUT2D eigenvalue weighted by molar-refractivity contribution is 0.0951. The van der Waals surface area contributed by atoms with Crippen LogP contribution < -0.4 is 14.9 Å². The molecule has 0 aliphatic rings. The Bertz CT molecular complexity index is 1240. The molecule has 6 nitrogen and oxygen atoms in total. The van der Waals surface area contributed by atoms with Gasteiger partial charge < -0.3 is 9.47 Å². The molecule has 33 heavy (non-hydrogen) atoms. The van der Waals surface area contributed by atoms with E-state index in [1.165, 1.54) is 18.3 Å². The third kappa shape index (κ3) is 6.43. The lowest BCUT2D eigenvalue weighted by Gasteiger charge is -2.15. The van der Waals surface area contributed by atoms with Crippen LogP contribution in [-0.2, 0) is 6.61 Å². The van der Waals surface area contributed by atoms with E-state index in [2.05, 4.69) is 33.1 Å². The van der Waals surface area contributed by atoms with Crippen LogP contribution >= 0.6 is 34.2 Å². The van der Waals surface area contributed by atoms with Crippen molar-refractivity contribution in [2.45, 2.75) is 13.5 Å². The van der Waals surface area contributed by atoms with Crippen LogP contribution in [0.4, 0.5) is 4.39 Å². The maximum absolute atomic E-state index is 14.0. The molecule has 0 aliphatic heterocycles. The Morgan fingerprint density at radius 2 is 2.03 bits per heavy atom. The first-order valence-corrected chi connectivity index (χ1v) is 11.2. The molecule has 0 saturated heterocycles. The normalized spacial score (nSPS) is 10.6. The van der Waals surface area contributed by atoms with Crippen molar-refractivity contribution in [3.8, 4) is 17.6 Å². The number of hydrogen-bond acceptors (Lipinski definition) is 5. The summed E-state index contributed by atoms with van der Waals surface area (Å²) in [5.74, 6) is -0.441. The van der Waals surface area contributed by atoms with Crippen LogP contribution in [0.25, 0.3) is 0 Å². The molecule has 0 atom stereocenters. The SMILES string of the molecule is CCOc1cc(/C=N\NC(=O)c2ccc(C#N)cc2F)cc(I)c1OCc1ccccc1Cl. The third-order valence-corrected chi connectivity index (χ3v) is 5.55. The predicted octanol–water partition coefficient (Wildman–Crippen LogP) is 5.70. The molecule has 0 unspecified atom stereocenters. The number of halogens is 3. The zero-order chi connectivity index (χ0) is 23.8. The summed E-state index contributed by atoms with van der Waals surface area (Å²) in [6, 6.07) is 16.4. The van der Waals surface area contributed by atoms with Crippen molar-refractivity contribution in [2.24, 2.45) is 5.10 Å². The second-order valence-corrected chi connectivity index (χ2v) is 8.22. The van der Waals surface area contributed by atoms with Gasteiger partial charge in [0.25, 0.3) is 5.91 Å². The number of hydrazone groups is 1. The van der Waals surface area contributed by atoms with E-state index in [1.54, 1.807) is 12.1 Å². The first-order valence-electron chi connectivity index (χ1n) is 9.78. The summed E-state index contributed by atoms with van der Waals surface area (Å²) in [5, 5.41) is 13.3. The van der Waals surface area contributed by atoms with Crippen molar-refractivity contribution in [3.05, 3.63) is 91.3 Å². The van der Waals surface area contributed by atoms with Crippen molar-refractivity contribution in [3.63, 3.8) is 0 Å². The summed E-state index contributed by atoms with van der Waals surface area (Å²) in [7, 11) is 0. The first kappa shape index (κ1) is 24.5. The number of ether oxygens (including phenoxy) is 2. The van der Waals surface area contributed by atoms with E-state index in [9.17, 15) is 9.18 Å². The Morgan fingerprint density at radius 1 is 1.24 bits per heavy atom. The molecule has 0 bridgehead atoms. The van der Waals surface area contributed by atoms with E-state index in [4.69, 9.17) is 26.3 Å². The molecule has 1 amide bonds. The maximum atomic E-state index is 14.0. The van der Waals surface area contributed by atoms with Crippen molar-refractivity contribution in [1.29, 1.82) is 5.26 Å². The summed E-state index contributed by atoms with van der Waals surface area (Å²) < 4.78 is 26.5. The third-order valence-electron chi connectivity index (χ3n) is 4.38. The Kier molecular flexibility index (Phi) is 8.63. The molecule has 0 spiro atoms. The Labute approximate surface area is 209 Å². The van der Waals surface area contributed by atoms with Gasteiger partial charge in [-0.15, -0.1) is 0 Å². The van der Waals surface area contributed by atoms with Gasteiger partial charge in [0.1, 0.15) is 12.4 Å². The minimum Gasteiger partial charge on any atom is -0.490 e. The zero-order valence-electron chi connectivity index (χ0n) is 17.4. The minimum absolute atomic E-state index is 0.127. The number of rotatable bonds is 8. The van der Waals surface area contributed by atoms with Crippen LogP contribution in [0.2, 0.25) is 5.02 Å². The van der Waals surface area contributed by atoms with Gasteiger partial charge >= 0.3 is 0 Å². The molecule has 168 valence electrons. The number of carbonyl (C=O) groups excluding carboxylic acids is 1. The molecule has 0 heterocycles. The van der Waals surface area contributed by atoms with Gasteiger partial charge in [0.2, 0.25) is 0 Å². The van der Waals surface area contributed by atoms with Gasteiger partial charge in [0.05, 0.1) is 33.6 Å². The monoisotopic (exact) mass is 577 g/mol. The molecule has 3 aromatic rings. The Balaban J connectivity index is 1.74. The molecule has 9 heteroatoms. The van der Waals surface area contributed by atoms with Crippen molar-refractivity contribution < 1.29 is 18.7 Å². The van der Waals surface area contributed by atoms with Crippen LogP contribution in [0, 0.1) is 20.7 Å². The van der Waals surface area contributed by atoms with Crippen LogP contribution in [0.15, 0.2) is 59.7 Å². The summed E-state index contributed by atoms with van der Waals surface area (Å²) in [6.07, 6.45) is 1.42. The molecule has 0 aliphatic carbocycles. The van der Waals surface area contributed by atoms with Gasteiger partial charge in [0.15, 0.2) is 11.5 Å². The first-order chi connectivity index (χ1) is 15.9. The molecule has 3 aromatic carbocycles. The fraction of sp³-hybridized carbons (Fsp3) is 0.125. The van der Waals surface area contributed by atoms with Gasteiger partial charge in [-0.05, 0) is 71.5 Å². The fourth-order valence-corrected chi connectivity index (χ4v) is 3.80. The number of hydrogen-bond donors (Lipinski definition) is 1. The molecule has 0 saturated carbocycles. The fourth-order valence-electron chi connectivity index (χ4n) is 2.83. The van der Waals surface area contributed by atoms with Gasteiger partial charge in [-0.2, -0.15) is 10.4 Å². The average Bonchev–Trinajstić information content (AvgIpc) is 2.79. The molecule has 0 aromatic heterocycles. The predicted molar refractivity (Wildman–Crippen MR) is 132 cm³/mol. The van der Waals surface area contributed by atoms with Crippen molar-refractivity contribution in [1.82, 2.24) is 5.43 Å². The van der Waals surface area contributed by atoms with E-state index in [0.717, 1.165) is 15.2 Å². The average molecular weight is 578 g/mol. The molecule has 3 rings (SSSR count). The van der Waals surface area contributed by atoms with E-state index in [1.807, 2.05) is 37.3 Å². The number of amides is 1. The topological polar surface area (TPSA) is 83.7 Å². The number of nitriles is 1. The number of carbonyl (C=O) groups is 1. The van der Waals surface area contributed by atoms with E-state index in [0.29, 0.717) is 28.7 Å². The molecule has 0 radical (unpaired) electrons. The maximum Gasteiger partial charge on any atom is 0.274 e. The second kappa shape index (κ2) is 11.6. The lowest BCUT2D eigenvalue weighted by Crippen LogP contribution is -2.19. The highest BCUT2D eigenvalue weighted by Gasteiger charge is 2.14. The lowest BCUT2D eigenvalue weighted by atomic mass is 10.1. The zero-order valence-corrected chi connectivity index (χ0v) is 20.4. The standard InChI is InChI=1S/C24H18ClFIN3O3/c1-2-32-22-11-16(10-21(27)23(22)33-14-17-5-3-4-6-19(17)25)13-29-30-24(31)18-8-7-15(12-28)9-20(18)26/h3-11,13H,2,14H2,1H3,(H,30,31)/b29-13-. The Morgan fingerprint density at radius 3 is 2.73 bits per heavy atom. The minimum atomic E-state index is -0.796. The second-order valence-electron chi connectivity index (χ2n) is 6.65. The van der Waals surface area contributed by atoms with Crippen LogP contribution in [0.5, 0.6) is 11.5 Å². The van der Waals surface area contributed by atoms with E-state index in [-0.39, 0.29) is 17.7 Å². The Hall–Kier alpha value is -3.16. The van der Waals surface area contributed by atoms with Gasteiger partial charge in [-0.1, -0.05) is 29.8 Å². The summed E-state index contributed by atoms with van der Waals surface area (Å²) in [4.78, 5) is 12.2. The summed E-state index contributed by atoms with van der Waals surface area (Å²) >= 11 is 8.33. The highest BCUT2D eigenvalue weighted by molar-refractivity contribution is 14.1. The van der Waals surface area contributed by atoms with Crippen molar-refractivity contribution in [2.75, 3.05) is 6.61 Å². The molecule has 0 fully saturated rings. The van der Waals surface area contributed by atoms with E-state index >= 15 is 0 Å². The van der Waals surface area contributed by atoms with Crippen LogP contribution in [0.3, 0.4) is 0 Å². The summed E-state index contributed by atoms with van der Waals surface area (Å²) in [6.45, 7) is 2.56. The van der Waals surface area contributed by atoms with E-state index < -0.39 is 11.7 Å². The quantitative estimate of drug-likeness (QED) is 0.212. The van der Waals surface area contributed by atoms with Gasteiger partial charge in [0, 0.05) is 10.6 Å². The smallest absolute Gasteiger partial charge is 0.274 e. The van der Waals surface area contributed by atoms with Gasteiger partial charge in [-0.25, -0.2) is 9.82 Å². The highest BCUT2D eigenvalue weighted by Crippen LogP contribution is 2.35. The summed E-state index contributed by atoms with van der Waals surface area (Å²) in [5.41, 5.74) is 3.70. The highest BCUT2D eigenvalue weighted by atomic mass is 127. The molecule has 1 N–H and O–H groups in total. The van der Waals surface area contributed by atoms with Crippen molar-refractivity contribution >= 4 is 46.3 Å². The molecular formula is C24H18ClFIN3O3. The number of nitrogens with zero attached hydrogens (tertiary/aromatic N) is 2. The van der Waals surface area contributed by atoms with Crippen LogP contribution in [0.1, 0.15) is 34.0 Å². The van der Waals surface area contributed by atoms with Gasteiger partial charge in [-0.3, -0.25) is 4.79 Å². The van der Waals surface area contributed by atoms with Crippen LogP contribution in [-0.4, -0.2) is 18.7 Å². The molecular weight excluding hydrogens is 560 g/mol. The largest absolute Gasteiger partial charge is 0.490 e.